The molecular weight excluding hydrogens is 375 g/mol. The number of hydrogen-bond acceptors (Lipinski definition) is 6. The second kappa shape index (κ2) is 6.29. The third kappa shape index (κ3) is 2.82. The number of ether oxygens (including phenoxy) is 1. The van der Waals surface area contributed by atoms with Gasteiger partial charge in [-0.15, -0.1) is 5.10 Å². The van der Waals surface area contributed by atoms with Crippen molar-refractivity contribution in [3.8, 4) is 11.7 Å². The Morgan fingerprint density at radius 1 is 1.24 bits per heavy atom. The lowest BCUT2D eigenvalue weighted by molar-refractivity contribution is 0.175. The highest BCUT2D eigenvalue weighted by atomic mass is 19.1. The van der Waals surface area contributed by atoms with Gasteiger partial charge in [0.15, 0.2) is 12.0 Å². The van der Waals surface area contributed by atoms with Gasteiger partial charge in [0.05, 0.1) is 17.9 Å². The number of hydrogen-bond donors (Lipinski definition) is 1. The molecule has 1 N–H and O–H groups in total. The molecule has 5 heterocycles. The minimum absolute atomic E-state index is 0.113. The Balaban J connectivity index is 1.66. The molecule has 4 aromatic rings. The third-order valence-electron chi connectivity index (χ3n) is 5.13. The molecule has 0 aromatic carbocycles. The average molecular weight is 396 g/mol. The van der Waals surface area contributed by atoms with Crippen molar-refractivity contribution >= 4 is 22.7 Å². The van der Waals surface area contributed by atoms with Crippen LogP contribution < -0.4 is 10.1 Å². The van der Waals surface area contributed by atoms with E-state index >= 15 is 0 Å². The Labute approximate surface area is 166 Å². The third-order valence-corrected chi connectivity index (χ3v) is 5.13. The molecule has 9 nitrogen and oxygen atoms in total. The molecule has 0 saturated heterocycles. The number of aryl methyl sites for hydroxylation is 3. The molecule has 0 radical (unpaired) electrons. The van der Waals surface area contributed by atoms with Crippen molar-refractivity contribution in [2.75, 3.05) is 11.9 Å². The predicted octanol–water partition coefficient (Wildman–Crippen LogP) is 2.75. The van der Waals surface area contributed by atoms with Crippen LogP contribution in [-0.2, 0) is 13.6 Å². The second-order valence-electron chi connectivity index (χ2n) is 7.37. The van der Waals surface area contributed by atoms with Crippen LogP contribution in [0.2, 0.25) is 0 Å². The maximum absolute atomic E-state index is 14.7. The van der Waals surface area contributed by atoms with Crippen molar-refractivity contribution in [2.24, 2.45) is 7.05 Å². The van der Waals surface area contributed by atoms with Crippen LogP contribution in [0.25, 0.3) is 16.9 Å². The SMILES string of the molecule is Cc1cc(-n2nc3c(c2C)Nc2ncc4c(C)cn(c4n2)C[C@H](F)CO3)n(C)n1. The molecule has 0 spiro atoms. The summed E-state index contributed by atoms with van der Waals surface area (Å²) in [4.78, 5) is 9.05. The standard InChI is InChI=1S/C19H21FN8O/c1-10-7-27-8-13(20)9-29-18-16(22-19-21-6-14(10)17(27)23-19)12(3)28(25-18)15-5-11(2)24-26(15)4/h5-7,13H,8-9H2,1-4H3,(H,21,22,23)/t13-/m0/s1. The minimum atomic E-state index is -1.21. The van der Waals surface area contributed by atoms with Crippen LogP contribution >= 0.6 is 0 Å². The van der Waals surface area contributed by atoms with E-state index < -0.39 is 6.17 Å². The first-order chi connectivity index (χ1) is 13.9. The first-order valence-electron chi connectivity index (χ1n) is 9.37. The molecule has 2 bridgehead atoms. The van der Waals surface area contributed by atoms with Crippen molar-refractivity contribution in [3.05, 3.63) is 35.4 Å². The van der Waals surface area contributed by atoms with Crippen LogP contribution in [0, 0.1) is 20.8 Å². The summed E-state index contributed by atoms with van der Waals surface area (Å²) >= 11 is 0. The Bertz CT molecular complexity index is 1240. The van der Waals surface area contributed by atoms with Gasteiger partial charge < -0.3 is 14.6 Å². The van der Waals surface area contributed by atoms with Crippen LogP contribution in [0.4, 0.5) is 16.0 Å². The smallest absolute Gasteiger partial charge is 0.257 e. The molecule has 0 unspecified atom stereocenters. The lowest BCUT2D eigenvalue weighted by Crippen LogP contribution is -2.19. The predicted molar refractivity (Wildman–Crippen MR) is 106 cm³/mol. The van der Waals surface area contributed by atoms with Gasteiger partial charge in [-0.3, -0.25) is 4.68 Å². The molecule has 10 heteroatoms. The number of fused-ring (bicyclic) bond motifs is 2. The molecule has 1 atom stereocenters. The topological polar surface area (TPSA) is 87.6 Å². The van der Waals surface area contributed by atoms with Gasteiger partial charge in [0.2, 0.25) is 5.95 Å². The van der Waals surface area contributed by atoms with Crippen LogP contribution in [0.1, 0.15) is 17.0 Å². The maximum Gasteiger partial charge on any atom is 0.257 e. The van der Waals surface area contributed by atoms with Gasteiger partial charge in [-0.2, -0.15) is 10.1 Å². The molecule has 5 rings (SSSR count). The molecule has 29 heavy (non-hydrogen) atoms. The molecule has 0 fully saturated rings. The molecule has 1 aliphatic heterocycles. The van der Waals surface area contributed by atoms with Gasteiger partial charge in [0.25, 0.3) is 5.88 Å². The maximum atomic E-state index is 14.7. The van der Waals surface area contributed by atoms with Crippen molar-refractivity contribution in [1.82, 2.24) is 34.1 Å². The number of nitrogens with one attached hydrogen (secondary N) is 1. The summed E-state index contributed by atoms with van der Waals surface area (Å²) in [5.41, 5.74) is 3.96. The summed E-state index contributed by atoms with van der Waals surface area (Å²) in [6, 6.07) is 1.92. The van der Waals surface area contributed by atoms with Crippen LogP contribution in [0.3, 0.4) is 0 Å². The van der Waals surface area contributed by atoms with E-state index in [0.29, 0.717) is 23.2 Å². The fourth-order valence-electron chi connectivity index (χ4n) is 3.72. The zero-order valence-corrected chi connectivity index (χ0v) is 16.6. The highest BCUT2D eigenvalue weighted by Gasteiger charge is 2.23. The molecule has 0 aliphatic carbocycles. The number of rotatable bonds is 1. The van der Waals surface area contributed by atoms with Gasteiger partial charge in [-0.25, -0.2) is 14.1 Å². The van der Waals surface area contributed by atoms with E-state index in [1.807, 2.05) is 40.1 Å². The van der Waals surface area contributed by atoms with E-state index in [9.17, 15) is 4.39 Å². The highest BCUT2D eigenvalue weighted by Crippen LogP contribution is 2.33. The Kier molecular flexibility index (Phi) is 3.83. The van der Waals surface area contributed by atoms with Crippen molar-refractivity contribution < 1.29 is 9.13 Å². The summed E-state index contributed by atoms with van der Waals surface area (Å²) in [5.74, 6) is 1.49. The van der Waals surface area contributed by atoms with Gasteiger partial charge in [0.1, 0.15) is 17.9 Å². The lowest BCUT2D eigenvalue weighted by atomic mass is 10.3. The van der Waals surface area contributed by atoms with Crippen molar-refractivity contribution in [1.29, 1.82) is 0 Å². The summed E-state index contributed by atoms with van der Waals surface area (Å²) in [6.07, 6.45) is 2.44. The zero-order chi connectivity index (χ0) is 20.3. The lowest BCUT2D eigenvalue weighted by Gasteiger charge is -2.10. The van der Waals surface area contributed by atoms with E-state index in [4.69, 9.17) is 4.74 Å². The minimum Gasteiger partial charge on any atom is -0.472 e. The summed E-state index contributed by atoms with van der Waals surface area (Å²) < 4.78 is 25.7. The molecular formula is C19H21FN8O. The second-order valence-corrected chi connectivity index (χ2v) is 7.37. The molecule has 4 aromatic heterocycles. The quantitative estimate of drug-likeness (QED) is 0.532. The van der Waals surface area contributed by atoms with E-state index in [-0.39, 0.29) is 13.2 Å². The number of anilines is 2. The van der Waals surface area contributed by atoms with E-state index in [1.54, 1.807) is 20.1 Å². The Hall–Kier alpha value is -3.43. The van der Waals surface area contributed by atoms with E-state index in [1.165, 1.54) is 0 Å². The van der Waals surface area contributed by atoms with Crippen molar-refractivity contribution in [2.45, 2.75) is 33.5 Å². The van der Waals surface area contributed by atoms with Crippen LogP contribution in [0.5, 0.6) is 5.88 Å². The monoisotopic (exact) mass is 396 g/mol. The van der Waals surface area contributed by atoms with Crippen LogP contribution in [-0.4, -0.2) is 46.9 Å². The molecule has 0 saturated carbocycles. The van der Waals surface area contributed by atoms with Crippen LogP contribution in [0.15, 0.2) is 18.5 Å². The summed E-state index contributed by atoms with van der Waals surface area (Å²) in [6.45, 7) is 5.82. The summed E-state index contributed by atoms with van der Waals surface area (Å²) in [7, 11) is 1.85. The number of aromatic nitrogens is 7. The highest BCUT2D eigenvalue weighted by molar-refractivity contribution is 5.81. The summed E-state index contributed by atoms with van der Waals surface area (Å²) in [5, 5.41) is 13.1. The van der Waals surface area contributed by atoms with Crippen molar-refractivity contribution in [3.63, 3.8) is 0 Å². The molecule has 1 aliphatic rings. The first kappa shape index (κ1) is 17.7. The van der Waals surface area contributed by atoms with E-state index in [2.05, 4.69) is 25.5 Å². The van der Waals surface area contributed by atoms with Gasteiger partial charge in [-0.1, -0.05) is 0 Å². The fourth-order valence-corrected chi connectivity index (χ4v) is 3.72. The van der Waals surface area contributed by atoms with E-state index in [0.717, 1.165) is 28.2 Å². The number of halogens is 1. The largest absolute Gasteiger partial charge is 0.472 e. The number of alkyl halides is 1. The zero-order valence-electron chi connectivity index (χ0n) is 16.6. The molecule has 150 valence electrons. The normalized spacial score (nSPS) is 16.4. The van der Waals surface area contributed by atoms with Gasteiger partial charge in [0, 0.05) is 30.9 Å². The van der Waals surface area contributed by atoms with Gasteiger partial charge in [-0.05, 0) is 26.3 Å². The Morgan fingerprint density at radius 3 is 2.83 bits per heavy atom. The van der Waals surface area contributed by atoms with Gasteiger partial charge >= 0.3 is 0 Å². The fraction of sp³-hybridized carbons (Fsp3) is 0.368. The average Bonchev–Trinajstić information content (AvgIpc) is 3.27. The Morgan fingerprint density at radius 2 is 2.07 bits per heavy atom. The molecule has 0 amide bonds. The first-order valence-corrected chi connectivity index (χ1v) is 9.37. The number of nitrogens with zero attached hydrogens (tertiary/aromatic N) is 7.